The number of fused-ring (bicyclic) bond motifs is 2. The number of H-pyrrole nitrogens is 1. The lowest BCUT2D eigenvalue weighted by atomic mass is 10.1. The minimum absolute atomic E-state index is 0.0611. The van der Waals surface area contributed by atoms with Crippen LogP contribution in [0.1, 0.15) is 5.56 Å². The van der Waals surface area contributed by atoms with Gasteiger partial charge in [-0.25, -0.2) is 9.67 Å². The van der Waals surface area contributed by atoms with E-state index in [2.05, 4.69) is 10.1 Å². The topological polar surface area (TPSA) is 132 Å². The van der Waals surface area contributed by atoms with Crippen LogP contribution in [0.5, 0.6) is 5.88 Å². The van der Waals surface area contributed by atoms with Gasteiger partial charge in [0.05, 0.1) is 48.2 Å². The number of aromatic nitrogens is 4. The maximum atomic E-state index is 10.9. The van der Waals surface area contributed by atoms with Crippen LogP contribution in [0.15, 0.2) is 54.9 Å². The highest BCUT2D eigenvalue weighted by Gasteiger charge is 2.48. The molecule has 10 heteroatoms. The fourth-order valence-corrected chi connectivity index (χ4v) is 4.47. The van der Waals surface area contributed by atoms with Crippen LogP contribution in [-0.2, 0) is 20.7 Å². The van der Waals surface area contributed by atoms with Crippen molar-refractivity contribution < 1.29 is 29.2 Å². The summed E-state index contributed by atoms with van der Waals surface area (Å²) >= 11 is 0. The second-order valence-electron chi connectivity index (χ2n) is 8.49. The number of ether oxygens (including phenoxy) is 3. The molecular weight excluding hydrogens is 440 g/mol. The van der Waals surface area contributed by atoms with Gasteiger partial charge in [0.15, 0.2) is 12.0 Å². The summed E-state index contributed by atoms with van der Waals surface area (Å²) in [6.45, 7) is 0.621. The number of rotatable bonds is 6. The molecule has 5 heterocycles. The Labute approximate surface area is 193 Å². The van der Waals surface area contributed by atoms with Crippen LogP contribution in [-0.4, -0.2) is 73.6 Å². The van der Waals surface area contributed by atoms with Crippen LogP contribution in [0.25, 0.3) is 28.0 Å². The lowest BCUT2D eigenvalue weighted by Gasteiger charge is -2.16. The van der Waals surface area contributed by atoms with Crippen molar-refractivity contribution in [3.8, 4) is 22.8 Å². The van der Waals surface area contributed by atoms with E-state index in [4.69, 9.17) is 24.3 Å². The molecule has 0 saturated carbocycles. The first-order valence-corrected chi connectivity index (χ1v) is 11.0. The summed E-state index contributed by atoms with van der Waals surface area (Å²) in [5.74, 6) is -0.314. The van der Waals surface area contributed by atoms with Crippen molar-refractivity contribution in [1.82, 2.24) is 19.7 Å². The summed E-state index contributed by atoms with van der Waals surface area (Å²) in [4.78, 5) is 18.9. The second kappa shape index (κ2) is 8.24. The van der Waals surface area contributed by atoms with Gasteiger partial charge < -0.3 is 29.4 Å². The van der Waals surface area contributed by atoms with Crippen molar-refractivity contribution in [3.05, 3.63) is 60.4 Å². The number of benzene rings is 1. The van der Waals surface area contributed by atoms with Crippen molar-refractivity contribution in [3.63, 3.8) is 0 Å². The molecule has 1 aromatic carbocycles. The van der Waals surface area contributed by atoms with Crippen molar-refractivity contribution in [2.24, 2.45) is 0 Å². The van der Waals surface area contributed by atoms with Gasteiger partial charge in [-0.2, -0.15) is 5.10 Å². The Morgan fingerprint density at radius 1 is 1.15 bits per heavy atom. The van der Waals surface area contributed by atoms with E-state index in [1.807, 2.05) is 42.5 Å². The van der Waals surface area contributed by atoms with Crippen LogP contribution in [0.3, 0.4) is 0 Å². The average molecular weight is 462 g/mol. The second-order valence-corrected chi connectivity index (χ2v) is 8.49. The quantitative estimate of drug-likeness (QED) is 0.396. The minimum atomic E-state index is -0.888. The highest BCUT2D eigenvalue weighted by atomic mass is 16.6. The fraction of sp³-hybridized carbons (Fsp3) is 0.292. The molecule has 2 fully saturated rings. The number of carboxylic acids is 1. The predicted molar refractivity (Wildman–Crippen MR) is 120 cm³/mol. The van der Waals surface area contributed by atoms with Crippen LogP contribution in [0, 0.1) is 0 Å². The zero-order valence-corrected chi connectivity index (χ0v) is 18.0. The van der Waals surface area contributed by atoms with E-state index in [1.54, 1.807) is 17.1 Å². The van der Waals surface area contributed by atoms with Crippen LogP contribution in [0.4, 0.5) is 0 Å². The van der Waals surface area contributed by atoms with Crippen molar-refractivity contribution in [1.29, 1.82) is 0 Å². The first-order chi connectivity index (χ1) is 16.5. The Balaban J connectivity index is 1.19. The molecule has 1 unspecified atom stereocenters. The molecule has 0 spiro atoms. The van der Waals surface area contributed by atoms with E-state index < -0.39 is 12.1 Å². The molecule has 6 rings (SSSR count). The molecule has 0 bridgehead atoms. The Hall–Kier alpha value is -3.73. The van der Waals surface area contributed by atoms with Gasteiger partial charge in [-0.3, -0.25) is 4.79 Å². The number of aliphatic carboxylic acids is 1. The molecule has 2 aliphatic heterocycles. The summed E-state index contributed by atoms with van der Waals surface area (Å²) in [6.07, 6.45) is 1.68. The molecule has 2 saturated heterocycles. The van der Waals surface area contributed by atoms with Gasteiger partial charge in [-0.15, -0.1) is 0 Å². The summed E-state index contributed by atoms with van der Waals surface area (Å²) in [5, 5.41) is 23.1. The third-order valence-corrected chi connectivity index (χ3v) is 6.13. The molecule has 0 aliphatic carbocycles. The number of hydrogen-bond acceptors (Lipinski definition) is 7. The number of pyridine rings is 1. The monoisotopic (exact) mass is 462 g/mol. The van der Waals surface area contributed by atoms with Crippen LogP contribution in [0.2, 0.25) is 0 Å². The average Bonchev–Trinajstić information content (AvgIpc) is 3.60. The van der Waals surface area contributed by atoms with E-state index in [0.29, 0.717) is 18.1 Å². The van der Waals surface area contributed by atoms with Gasteiger partial charge in [-0.05, 0) is 24.3 Å². The van der Waals surface area contributed by atoms with Gasteiger partial charge >= 0.3 is 5.97 Å². The molecule has 3 aromatic heterocycles. The van der Waals surface area contributed by atoms with Gasteiger partial charge in [0, 0.05) is 23.4 Å². The Bertz CT molecular complexity index is 1350. The molecule has 0 radical (unpaired) electrons. The number of nitrogens with one attached hydrogen (secondary N) is 1. The van der Waals surface area contributed by atoms with Crippen molar-refractivity contribution in [2.75, 3.05) is 13.2 Å². The van der Waals surface area contributed by atoms with Crippen LogP contribution < -0.4 is 4.74 Å². The highest BCUT2D eigenvalue weighted by molar-refractivity contribution is 5.80. The molecule has 174 valence electrons. The molecule has 4 aromatic rings. The number of carboxylic acid groups (broad SMARTS) is 1. The van der Waals surface area contributed by atoms with Gasteiger partial charge in [-0.1, -0.05) is 12.1 Å². The highest BCUT2D eigenvalue weighted by Crippen LogP contribution is 2.31. The molecule has 0 amide bonds. The largest absolute Gasteiger partial charge is 0.481 e. The van der Waals surface area contributed by atoms with E-state index in [9.17, 15) is 9.90 Å². The number of carbonyl (C=O) groups is 1. The predicted octanol–water partition coefficient (Wildman–Crippen LogP) is 1.95. The molecule has 3 N–H and O–H groups in total. The van der Waals surface area contributed by atoms with Crippen molar-refractivity contribution >= 4 is 17.0 Å². The molecular formula is C24H22N4O6. The number of aromatic amines is 1. The molecule has 10 nitrogen and oxygen atoms in total. The zero-order chi connectivity index (χ0) is 23.2. The lowest BCUT2D eigenvalue weighted by Crippen LogP contribution is -2.34. The Morgan fingerprint density at radius 2 is 1.97 bits per heavy atom. The third-order valence-electron chi connectivity index (χ3n) is 6.13. The van der Waals surface area contributed by atoms with E-state index in [1.165, 1.54) is 0 Å². The minimum Gasteiger partial charge on any atom is -0.481 e. The third kappa shape index (κ3) is 3.81. The first kappa shape index (κ1) is 20.8. The number of aliphatic hydroxyl groups is 1. The number of aliphatic hydroxyl groups excluding tert-OH is 1. The number of nitrogens with zero attached hydrogens (tertiary/aromatic N) is 3. The van der Waals surface area contributed by atoms with Gasteiger partial charge in [0.2, 0.25) is 0 Å². The maximum Gasteiger partial charge on any atom is 0.307 e. The lowest BCUT2D eigenvalue weighted by molar-refractivity contribution is -0.136. The standard InChI is InChI=1S/C24H22N4O6/c29-19-11-32-24-20(12-33-23(19)24)34-21-8-18-17(27-21)6-5-16(26-18)14-1-3-15(4-2-14)28-10-13(9-25-28)7-22(30)31/h1-6,8-10,19-20,23-24,27,29H,7,11-12H2,(H,30,31)/t19-,20-,23?,24-/m1/s1. The van der Waals surface area contributed by atoms with E-state index in [-0.39, 0.29) is 31.3 Å². The first-order valence-electron chi connectivity index (χ1n) is 11.0. The maximum absolute atomic E-state index is 10.9. The normalized spacial score (nSPS) is 23.9. The summed E-state index contributed by atoms with van der Waals surface area (Å²) in [6, 6.07) is 13.5. The number of hydrogen-bond donors (Lipinski definition) is 3. The summed E-state index contributed by atoms with van der Waals surface area (Å²) < 4.78 is 19.0. The summed E-state index contributed by atoms with van der Waals surface area (Å²) in [7, 11) is 0. The summed E-state index contributed by atoms with van der Waals surface area (Å²) in [5.41, 5.74) is 4.83. The van der Waals surface area contributed by atoms with Crippen LogP contribution >= 0.6 is 0 Å². The van der Waals surface area contributed by atoms with Gasteiger partial charge in [0.1, 0.15) is 18.3 Å². The Kier molecular flexibility index (Phi) is 5.05. The SMILES string of the molecule is O=C(O)Cc1cnn(-c2ccc(-c3ccc4[nH]c(O[C@@H]5COC6[C@H](O)CO[C@@H]65)cc4n3)cc2)c1. The smallest absolute Gasteiger partial charge is 0.307 e. The molecule has 2 aliphatic rings. The van der Waals surface area contributed by atoms with E-state index >= 15 is 0 Å². The fourth-order valence-electron chi connectivity index (χ4n) is 4.47. The van der Waals surface area contributed by atoms with Crippen molar-refractivity contribution in [2.45, 2.75) is 30.8 Å². The van der Waals surface area contributed by atoms with Gasteiger partial charge in [0.25, 0.3) is 0 Å². The molecule has 4 atom stereocenters. The van der Waals surface area contributed by atoms with E-state index in [0.717, 1.165) is 28.0 Å². The zero-order valence-electron chi connectivity index (χ0n) is 18.0. The molecule has 34 heavy (non-hydrogen) atoms. The Morgan fingerprint density at radius 3 is 2.79 bits per heavy atom.